The summed E-state index contributed by atoms with van der Waals surface area (Å²) in [6, 6.07) is 9.60. The van der Waals surface area contributed by atoms with Gasteiger partial charge in [0.1, 0.15) is 6.04 Å². The van der Waals surface area contributed by atoms with E-state index >= 15 is 0 Å². The second-order valence-electron chi connectivity index (χ2n) is 4.37. The van der Waals surface area contributed by atoms with Crippen molar-refractivity contribution in [1.29, 1.82) is 0 Å². The number of β-amino-alcohol motifs (C(OH)–C–C–N with tert-alkyl or cyclic N) is 1. The van der Waals surface area contributed by atoms with Crippen molar-refractivity contribution in [2.24, 2.45) is 0 Å². The van der Waals surface area contributed by atoms with Crippen molar-refractivity contribution in [2.75, 3.05) is 13.7 Å². The van der Waals surface area contributed by atoms with E-state index in [1.807, 2.05) is 35.2 Å². The lowest BCUT2D eigenvalue weighted by atomic mass is 10.1. The van der Waals surface area contributed by atoms with Crippen LogP contribution in [-0.2, 0) is 9.53 Å². The average Bonchev–Trinajstić information content (AvgIpc) is 3.02. The largest absolute Gasteiger partial charge is 0.468 e. The minimum Gasteiger partial charge on any atom is -0.468 e. The van der Waals surface area contributed by atoms with Crippen LogP contribution in [0.3, 0.4) is 0 Å². The second kappa shape index (κ2) is 4.85. The zero-order valence-electron chi connectivity index (χ0n) is 10.0. The van der Waals surface area contributed by atoms with Gasteiger partial charge >= 0.3 is 5.97 Å². The van der Waals surface area contributed by atoms with Crippen LogP contribution in [0, 0.1) is 0 Å². The first-order valence-electron chi connectivity index (χ1n) is 5.71. The fourth-order valence-electron chi connectivity index (χ4n) is 2.22. The number of hydrogen-bond acceptors (Lipinski definition) is 4. The van der Waals surface area contributed by atoms with Crippen LogP contribution in [0.1, 0.15) is 18.5 Å². The normalized spacial score (nSPS) is 28.5. The van der Waals surface area contributed by atoms with E-state index < -0.39 is 6.10 Å². The Morgan fingerprint density at radius 3 is 2.65 bits per heavy atom. The lowest BCUT2D eigenvalue weighted by molar-refractivity contribution is -0.141. The van der Waals surface area contributed by atoms with Crippen LogP contribution < -0.4 is 0 Å². The Labute approximate surface area is 101 Å². The van der Waals surface area contributed by atoms with Crippen LogP contribution in [0.5, 0.6) is 0 Å². The molecule has 1 heterocycles. The van der Waals surface area contributed by atoms with Gasteiger partial charge in [-0.05, 0) is 12.5 Å². The number of nitrogens with zero attached hydrogens (tertiary/aromatic N) is 1. The highest BCUT2D eigenvalue weighted by Gasteiger charge is 2.54. The number of aliphatic hydroxyl groups is 1. The first kappa shape index (κ1) is 12.1. The molecule has 2 rings (SSSR count). The summed E-state index contributed by atoms with van der Waals surface area (Å²) in [5.41, 5.74) is 1.09. The molecule has 0 radical (unpaired) electrons. The topological polar surface area (TPSA) is 49.5 Å². The first-order valence-corrected chi connectivity index (χ1v) is 5.71. The van der Waals surface area contributed by atoms with Crippen molar-refractivity contribution < 1.29 is 14.6 Å². The van der Waals surface area contributed by atoms with Gasteiger partial charge in [-0.25, -0.2) is 0 Å². The third kappa shape index (κ3) is 2.48. The third-order valence-corrected chi connectivity index (χ3v) is 2.98. The summed E-state index contributed by atoms with van der Waals surface area (Å²) in [6.07, 6.45) is -0.448. The third-order valence-electron chi connectivity index (χ3n) is 2.98. The number of benzene rings is 1. The first-order chi connectivity index (χ1) is 8.15. The number of methoxy groups -OCH3 is 1. The number of rotatable bonds is 4. The molecule has 0 bridgehead atoms. The lowest BCUT2D eigenvalue weighted by Crippen LogP contribution is -2.21. The summed E-state index contributed by atoms with van der Waals surface area (Å²) in [6.45, 7) is 2.20. The monoisotopic (exact) mass is 235 g/mol. The molecular formula is C13H17NO3. The van der Waals surface area contributed by atoms with E-state index in [1.54, 1.807) is 6.92 Å². The van der Waals surface area contributed by atoms with E-state index in [2.05, 4.69) is 0 Å². The molecule has 1 aromatic carbocycles. The highest BCUT2D eigenvalue weighted by atomic mass is 16.5. The smallest absolute Gasteiger partial charge is 0.325 e. The van der Waals surface area contributed by atoms with E-state index in [4.69, 9.17) is 4.74 Å². The summed E-state index contributed by atoms with van der Waals surface area (Å²) in [4.78, 5) is 13.6. The lowest BCUT2D eigenvalue weighted by Gasteiger charge is -2.06. The number of carbonyl (C=O) groups excluding carboxylic acids is 1. The van der Waals surface area contributed by atoms with Crippen LogP contribution in [0.4, 0.5) is 0 Å². The fraction of sp³-hybridized carbons (Fsp3) is 0.462. The molecule has 17 heavy (non-hydrogen) atoms. The Morgan fingerprint density at radius 2 is 2.12 bits per heavy atom. The SMILES string of the molecule is COC(=O)C1C(c2ccccc2)N1CC(C)O. The van der Waals surface area contributed by atoms with Gasteiger partial charge in [-0.15, -0.1) is 0 Å². The highest BCUT2D eigenvalue weighted by molar-refractivity contribution is 5.80. The van der Waals surface area contributed by atoms with Crippen molar-refractivity contribution in [3.05, 3.63) is 35.9 Å². The number of ether oxygens (including phenoxy) is 1. The Balaban J connectivity index is 2.13. The molecule has 1 aliphatic rings. The van der Waals surface area contributed by atoms with Crippen LogP contribution in [-0.4, -0.2) is 41.8 Å². The van der Waals surface area contributed by atoms with Gasteiger partial charge in [0.2, 0.25) is 0 Å². The number of hydrogen-bond donors (Lipinski definition) is 1. The number of carbonyl (C=O) groups is 1. The number of aliphatic hydroxyl groups excluding tert-OH is 1. The molecule has 1 aliphatic heterocycles. The zero-order chi connectivity index (χ0) is 12.4. The zero-order valence-corrected chi connectivity index (χ0v) is 10.0. The van der Waals surface area contributed by atoms with Gasteiger partial charge in [-0.1, -0.05) is 30.3 Å². The molecule has 1 N–H and O–H groups in total. The van der Waals surface area contributed by atoms with Gasteiger partial charge in [-0.3, -0.25) is 9.69 Å². The van der Waals surface area contributed by atoms with Crippen molar-refractivity contribution in [1.82, 2.24) is 4.90 Å². The van der Waals surface area contributed by atoms with E-state index in [9.17, 15) is 9.90 Å². The van der Waals surface area contributed by atoms with Gasteiger partial charge in [0.05, 0.1) is 19.3 Å². The van der Waals surface area contributed by atoms with Gasteiger partial charge in [0, 0.05) is 6.54 Å². The maximum atomic E-state index is 11.6. The van der Waals surface area contributed by atoms with E-state index in [-0.39, 0.29) is 18.1 Å². The number of esters is 1. The molecule has 4 nitrogen and oxygen atoms in total. The van der Waals surface area contributed by atoms with Crippen LogP contribution in [0.15, 0.2) is 30.3 Å². The predicted octanol–water partition coefficient (Wildman–Crippen LogP) is 0.966. The minimum atomic E-state index is -0.448. The average molecular weight is 235 g/mol. The summed E-state index contributed by atoms with van der Waals surface area (Å²) in [5.74, 6) is -0.237. The molecule has 92 valence electrons. The highest BCUT2D eigenvalue weighted by Crippen LogP contribution is 2.43. The van der Waals surface area contributed by atoms with Gasteiger partial charge in [0.15, 0.2) is 0 Å². The summed E-state index contributed by atoms with van der Waals surface area (Å²) >= 11 is 0. The molecule has 1 saturated heterocycles. The van der Waals surface area contributed by atoms with Gasteiger partial charge < -0.3 is 9.84 Å². The molecular weight excluding hydrogens is 218 g/mol. The Morgan fingerprint density at radius 1 is 1.47 bits per heavy atom. The molecule has 0 saturated carbocycles. The summed E-state index contributed by atoms with van der Waals surface area (Å²) in [5, 5.41) is 9.41. The maximum absolute atomic E-state index is 11.6. The van der Waals surface area contributed by atoms with E-state index in [1.165, 1.54) is 7.11 Å². The summed E-state index contributed by atoms with van der Waals surface area (Å²) in [7, 11) is 1.39. The van der Waals surface area contributed by atoms with E-state index in [0.29, 0.717) is 6.54 Å². The fourth-order valence-corrected chi connectivity index (χ4v) is 2.22. The Bertz CT molecular complexity index is 391. The quantitative estimate of drug-likeness (QED) is 0.624. The van der Waals surface area contributed by atoms with Gasteiger partial charge in [-0.2, -0.15) is 0 Å². The minimum absolute atomic E-state index is 0.0400. The van der Waals surface area contributed by atoms with Crippen molar-refractivity contribution >= 4 is 5.97 Å². The molecule has 1 aromatic rings. The molecule has 0 aromatic heterocycles. The molecule has 0 aliphatic carbocycles. The van der Waals surface area contributed by atoms with Crippen LogP contribution in [0.25, 0.3) is 0 Å². The standard InChI is InChI=1S/C13H17NO3/c1-9(15)8-14-11(12(14)13(16)17-2)10-6-4-3-5-7-10/h3-7,9,11-12,15H,8H2,1-2H3. The second-order valence-corrected chi connectivity index (χ2v) is 4.37. The van der Waals surface area contributed by atoms with Gasteiger partial charge in [0.25, 0.3) is 0 Å². The molecule has 0 spiro atoms. The molecule has 0 amide bonds. The van der Waals surface area contributed by atoms with E-state index in [0.717, 1.165) is 5.56 Å². The molecule has 4 atom stereocenters. The van der Waals surface area contributed by atoms with Crippen molar-refractivity contribution in [3.63, 3.8) is 0 Å². The molecule has 4 unspecified atom stereocenters. The predicted molar refractivity (Wildman–Crippen MR) is 63.4 cm³/mol. The van der Waals surface area contributed by atoms with Crippen molar-refractivity contribution in [2.45, 2.75) is 25.1 Å². The van der Waals surface area contributed by atoms with Crippen molar-refractivity contribution in [3.8, 4) is 0 Å². The molecule has 1 fully saturated rings. The maximum Gasteiger partial charge on any atom is 0.325 e. The Hall–Kier alpha value is -1.39. The van der Waals surface area contributed by atoms with Crippen LogP contribution in [0.2, 0.25) is 0 Å². The molecule has 4 heteroatoms. The van der Waals surface area contributed by atoms with Crippen LogP contribution >= 0.6 is 0 Å². The Kier molecular flexibility index (Phi) is 3.45. The summed E-state index contributed by atoms with van der Waals surface area (Å²) < 4.78 is 4.78.